The van der Waals surface area contributed by atoms with Crippen LogP contribution in [0.4, 0.5) is 0 Å². The highest BCUT2D eigenvalue weighted by atomic mass is 16.4. The van der Waals surface area contributed by atoms with E-state index in [-0.39, 0.29) is 11.5 Å². The summed E-state index contributed by atoms with van der Waals surface area (Å²) >= 11 is 0. The van der Waals surface area contributed by atoms with Crippen LogP contribution in [0.25, 0.3) is 0 Å². The molecule has 0 heterocycles. The van der Waals surface area contributed by atoms with Crippen molar-refractivity contribution in [3.63, 3.8) is 0 Å². The van der Waals surface area contributed by atoms with E-state index in [9.17, 15) is 9.59 Å². The zero-order chi connectivity index (χ0) is 12.7. The Morgan fingerprint density at radius 2 is 2.18 bits per heavy atom. The van der Waals surface area contributed by atoms with Crippen molar-refractivity contribution in [2.75, 3.05) is 6.54 Å². The van der Waals surface area contributed by atoms with E-state index < -0.39 is 5.97 Å². The van der Waals surface area contributed by atoms with Crippen LogP contribution in [0.5, 0.6) is 0 Å². The Kier molecular flexibility index (Phi) is 4.77. The molecule has 4 heteroatoms. The average Bonchev–Trinajstić information content (AvgIpc) is 2.28. The van der Waals surface area contributed by atoms with Crippen LogP contribution < -0.4 is 5.32 Å². The Balaban J connectivity index is 2.56. The number of benzene rings is 1. The number of hydrogen-bond donors (Lipinski definition) is 2. The second-order valence-corrected chi connectivity index (χ2v) is 3.42. The summed E-state index contributed by atoms with van der Waals surface area (Å²) < 4.78 is 0. The SMILES string of the molecule is CC(=O)NCCC#Cc1cccc(C(=O)O)c1. The number of hydrogen-bond acceptors (Lipinski definition) is 2. The van der Waals surface area contributed by atoms with Crippen LogP contribution in [0.2, 0.25) is 0 Å². The third-order valence-corrected chi connectivity index (χ3v) is 1.97. The van der Waals surface area contributed by atoms with Crippen LogP contribution in [-0.2, 0) is 4.79 Å². The molecule has 0 aliphatic rings. The maximum atomic E-state index is 10.7. The van der Waals surface area contributed by atoms with Crippen LogP contribution in [0.1, 0.15) is 29.3 Å². The zero-order valence-electron chi connectivity index (χ0n) is 9.49. The number of nitrogens with one attached hydrogen (secondary N) is 1. The first-order valence-corrected chi connectivity index (χ1v) is 5.16. The highest BCUT2D eigenvalue weighted by molar-refractivity contribution is 5.88. The monoisotopic (exact) mass is 231 g/mol. The smallest absolute Gasteiger partial charge is 0.335 e. The molecular formula is C13H13NO3. The van der Waals surface area contributed by atoms with Gasteiger partial charge in [0.25, 0.3) is 0 Å². The summed E-state index contributed by atoms with van der Waals surface area (Å²) in [6.07, 6.45) is 0.539. The van der Waals surface area contributed by atoms with Gasteiger partial charge in [0, 0.05) is 25.5 Å². The van der Waals surface area contributed by atoms with Gasteiger partial charge in [0.1, 0.15) is 0 Å². The van der Waals surface area contributed by atoms with Crippen molar-refractivity contribution < 1.29 is 14.7 Å². The molecule has 0 radical (unpaired) electrons. The van der Waals surface area contributed by atoms with Gasteiger partial charge < -0.3 is 10.4 Å². The molecule has 0 saturated heterocycles. The Bertz CT molecular complexity index is 483. The summed E-state index contributed by atoms with van der Waals surface area (Å²) in [7, 11) is 0. The van der Waals surface area contributed by atoms with Gasteiger partial charge in [-0.3, -0.25) is 4.79 Å². The van der Waals surface area contributed by atoms with E-state index in [1.54, 1.807) is 12.1 Å². The van der Waals surface area contributed by atoms with Crippen LogP contribution in [0.3, 0.4) is 0 Å². The molecule has 1 rings (SSSR count). The van der Waals surface area contributed by atoms with E-state index in [0.29, 0.717) is 18.5 Å². The van der Waals surface area contributed by atoms with Gasteiger partial charge in [-0.2, -0.15) is 0 Å². The van der Waals surface area contributed by atoms with Crippen LogP contribution >= 0.6 is 0 Å². The van der Waals surface area contributed by atoms with E-state index in [4.69, 9.17) is 5.11 Å². The largest absolute Gasteiger partial charge is 0.478 e. The molecule has 17 heavy (non-hydrogen) atoms. The highest BCUT2D eigenvalue weighted by Crippen LogP contribution is 2.03. The number of aromatic carboxylic acids is 1. The van der Waals surface area contributed by atoms with Gasteiger partial charge in [0.2, 0.25) is 5.91 Å². The first-order chi connectivity index (χ1) is 8.09. The molecule has 1 aromatic rings. The van der Waals surface area contributed by atoms with Crippen molar-refractivity contribution in [3.8, 4) is 11.8 Å². The van der Waals surface area contributed by atoms with Crippen molar-refractivity contribution >= 4 is 11.9 Å². The maximum absolute atomic E-state index is 10.7. The molecule has 88 valence electrons. The molecule has 0 atom stereocenters. The highest BCUT2D eigenvalue weighted by Gasteiger charge is 2.00. The number of carbonyl (C=O) groups excluding carboxylic acids is 1. The van der Waals surface area contributed by atoms with E-state index in [0.717, 1.165) is 0 Å². The molecule has 0 fully saturated rings. The molecule has 4 nitrogen and oxygen atoms in total. The standard InChI is InChI=1S/C13H13NO3/c1-10(15)14-8-3-2-5-11-6-4-7-12(9-11)13(16)17/h4,6-7,9H,3,8H2,1H3,(H,14,15)(H,16,17). The molecule has 0 unspecified atom stereocenters. The van der Waals surface area contributed by atoms with Gasteiger partial charge in [0.15, 0.2) is 0 Å². The second kappa shape index (κ2) is 6.33. The van der Waals surface area contributed by atoms with Crippen LogP contribution in [0.15, 0.2) is 24.3 Å². The molecule has 0 aromatic heterocycles. The Morgan fingerprint density at radius 1 is 1.41 bits per heavy atom. The Labute approximate surface area is 99.7 Å². The predicted octanol–water partition coefficient (Wildman–Crippen LogP) is 1.26. The fraction of sp³-hybridized carbons (Fsp3) is 0.231. The first-order valence-electron chi connectivity index (χ1n) is 5.16. The lowest BCUT2D eigenvalue weighted by Gasteiger charge is -1.96. The number of carboxylic acid groups (broad SMARTS) is 1. The minimum Gasteiger partial charge on any atom is -0.478 e. The lowest BCUT2D eigenvalue weighted by molar-refractivity contribution is -0.118. The van der Waals surface area contributed by atoms with E-state index in [1.165, 1.54) is 19.1 Å². The number of carbonyl (C=O) groups is 2. The average molecular weight is 231 g/mol. The van der Waals surface area contributed by atoms with Crippen molar-refractivity contribution in [2.45, 2.75) is 13.3 Å². The van der Waals surface area contributed by atoms with Gasteiger partial charge in [0.05, 0.1) is 5.56 Å². The molecule has 1 aromatic carbocycles. The number of carboxylic acids is 1. The number of amides is 1. The van der Waals surface area contributed by atoms with Crippen LogP contribution in [-0.4, -0.2) is 23.5 Å². The van der Waals surface area contributed by atoms with Gasteiger partial charge >= 0.3 is 5.97 Å². The van der Waals surface area contributed by atoms with Crippen molar-refractivity contribution in [1.82, 2.24) is 5.32 Å². The predicted molar refractivity (Wildman–Crippen MR) is 63.6 cm³/mol. The van der Waals surface area contributed by atoms with Crippen molar-refractivity contribution in [3.05, 3.63) is 35.4 Å². The molecule has 1 amide bonds. The van der Waals surface area contributed by atoms with Gasteiger partial charge in [-0.1, -0.05) is 17.9 Å². The quantitative estimate of drug-likeness (QED) is 0.608. The summed E-state index contributed by atoms with van der Waals surface area (Å²) in [4.78, 5) is 21.3. The summed E-state index contributed by atoms with van der Waals surface area (Å²) in [5.74, 6) is 4.67. The van der Waals surface area contributed by atoms with Gasteiger partial charge in [-0.15, -0.1) is 0 Å². The minimum absolute atomic E-state index is 0.0836. The molecular weight excluding hydrogens is 218 g/mol. The molecule has 0 aliphatic carbocycles. The Morgan fingerprint density at radius 3 is 2.82 bits per heavy atom. The molecule has 0 spiro atoms. The molecule has 2 N–H and O–H groups in total. The van der Waals surface area contributed by atoms with Crippen LogP contribution in [0, 0.1) is 11.8 Å². The number of rotatable bonds is 3. The summed E-state index contributed by atoms with van der Waals surface area (Å²) in [5, 5.41) is 11.4. The van der Waals surface area contributed by atoms with Crippen molar-refractivity contribution in [1.29, 1.82) is 0 Å². The summed E-state index contributed by atoms with van der Waals surface area (Å²) in [6.45, 7) is 1.95. The molecule has 0 saturated carbocycles. The second-order valence-electron chi connectivity index (χ2n) is 3.42. The van der Waals surface area contributed by atoms with Gasteiger partial charge in [-0.25, -0.2) is 4.79 Å². The maximum Gasteiger partial charge on any atom is 0.335 e. The first kappa shape index (κ1) is 12.8. The summed E-state index contributed by atoms with van der Waals surface area (Å²) in [5.41, 5.74) is 0.881. The lowest BCUT2D eigenvalue weighted by atomic mass is 10.1. The van der Waals surface area contributed by atoms with Gasteiger partial charge in [-0.05, 0) is 18.2 Å². The third kappa shape index (κ3) is 4.85. The Hall–Kier alpha value is -2.28. The zero-order valence-corrected chi connectivity index (χ0v) is 9.49. The minimum atomic E-state index is -0.966. The molecule has 0 aliphatic heterocycles. The normalized spacial score (nSPS) is 9.00. The topological polar surface area (TPSA) is 66.4 Å². The molecule has 0 bridgehead atoms. The lowest BCUT2D eigenvalue weighted by Crippen LogP contribution is -2.20. The van der Waals surface area contributed by atoms with Crippen molar-refractivity contribution in [2.24, 2.45) is 0 Å². The van der Waals surface area contributed by atoms with E-state index in [1.807, 2.05) is 0 Å². The fourth-order valence-electron chi connectivity index (χ4n) is 1.20. The van der Waals surface area contributed by atoms with E-state index >= 15 is 0 Å². The fourth-order valence-corrected chi connectivity index (χ4v) is 1.20. The summed E-state index contributed by atoms with van der Waals surface area (Å²) in [6, 6.07) is 6.44. The van der Waals surface area contributed by atoms with E-state index in [2.05, 4.69) is 17.2 Å². The third-order valence-electron chi connectivity index (χ3n) is 1.97.